The first kappa shape index (κ1) is 13.1. The van der Waals surface area contributed by atoms with Gasteiger partial charge in [-0.05, 0) is 23.8 Å². The van der Waals surface area contributed by atoms with Crippen molar-refractivity contribution < 1.29 is 9.18 Å². The summed E-state index contributed by atoms with van der Waals surface area (Å²) in [6, 6.07) is 7.60. The average molecular weight is 282 g/mol. The Balaban J connectivity index is 1.73. The van der Waals surface area contributed by atoms with Gasteiger partial charge in [0.1, 0.15) is 11.3 Å². The number of carbonyl (C=O) groups excluding carboxylic acids is 1. The van der Waals surface area contributed by atoms with E-state index in [2.05, 4.69) is 20.3 Å². The number of nitrogens with zero attached hydrogens (tertiary/aromatic N) is 3. The summed E-state index contributed by atoms with van der Waals surface area (Å²) >= 11 is 0. The summed E-state index contributed by atoms with van der Waals surface area (Å²) < 4.78 is 12.8. The molecule has 0 fully saturated rings. The molecule has 21 heavy (non-hydrogen) atoms. The van der Waals surface area contributed by atoms with E-state index in [0.29, 0.717) is 23.3 Å². The second-order valence-electron chi connectivity index (χ2n) is 4.43. The summed E-state index contributed by atoms with van der Waals surface area (Å²) in [5.41, 5.74) is 2.28. The lowest BCUT2D eigenvalue weighted by molar-refractivity contribution is 0.0950. The first-order valence-electron chi connectivity index (χ1n) is 6.32. The fraction of sp³-hybridized carbons (Fsp3) is 0.0667. The van der Waals surface area contributed by atoms with Crippen molar-refractivity contribution in [3.8, 4) is 0 Å². The van der Waals surface area contributed by atoms with E-state index in [1.807, 2.05) is 0 Å². The van der Waals surface area contributed by atoms with Crippen molar-refractivity contribution in [1.82, 2.24) is 20.3 Å². The summed E-state index contributed by atoms with van der Waals surface area (Å²) in [4.78, 5) is 24.3. The molecule has 0 atom stereocenters. The van der Waals surface area contributed by atoms with Crippen LogP contribution in [0.5, 0.6) is 0 Å². The molecule has 5 nitrogen and oxygen atoms in total. The molecule has 1 aromatic carbocycles. The van der Waals surface area contributed by atoms with Crippen molar-refractivity contribution in [3.63, 3.8) is 0 Å². The number of hydrogen-bond donors (Lipinski definition) is 1. The lowest BCUT2D eigenvalue weighted by Crippen LogP contribution is -2.23. The maximum Gasteiger partial charge on any atom is 0.253 e. The Bertz CT molecular complexity index is 789. The molecular weight excluding hydrogens is 271 g/mol. The number of carbonyl (C=O) groups is 1. The van der Waals surface area contributed by atoms with Gasteiger partial charge in [0.2, 0.25) is 0 Å². The number of halogens is 1. The molecule has 0 saturated carbocycles. The summed E-state index contributed by atoms with van der Waals surface area (Å²) in [5.74, 6) is -0.568. The minimum absolute atomic E-state index is 0.264. The van der Waals surface area contributed by atoms with Crippen LogP contribution in [-0.4, -0.2) is 20.9 Å². The van der Waals surface area contributed by atoms with Gasteiger partial charge in [0.05, 0.1) is 5.56 Å². The third-order valence-electron chi connectivity index (χ3n) is 2.95. The number of aromatic nitrogens is 3. The quantitative estimate of drug-likeness (QED) is 0.798. The largest absolute Gasteiger partial charge is 0.348 e. The van der Waals surface area contributed by atoms with Crippen molar-refractivity contribution in [2.75, 3.05) is 0 Å². The second kappa shape index (κ2) is 5.62. The van der Waals surface area contributed by atoms with Gasteiger partial charge in [-0.25, -0.2) is 14.4 Å². The zero-order valence-electron chi connectivity index (χ0n) is 11.0. The van der Waals surface area contributed by atoms with Gasteiger partial charge in [0, 0.05) is 25.1 Å². The first-order valence-corrected chi connectivity index (χ1v) is 6.32. The van der Waals surface area contributed by atoms with Gasteiger partial charge in [0.15, 0.2) is 5.65 Å². The molecule has 3 rings (SSSR count). The van der Waals surface area contributed by atoms with Crippen LogP contribution in [0.25, 0.3) is 11.2 Å². The molecule has 0 bridgehead atoms. The Labute approximate surface area is 119 Å². The van der Waals surface area contributed by atoms with Crippen LogP contribution in [0, 0.1) is 5.82 Å². The van der Waals surface area contributed by atoms with E-state index in [1.54, 1.807) is 30.6 Å². The lowest BCUT2D eigenvalue weighted by atomic mass is 10.2. The smallest absolute Gasteiger partial charge is 0.253 e. The Hall–Kier alpha value is -2.89. The topological polar surface area (TPSA) is 67.8 Å². The lowest BCUT2D eigenvalue weighted by Gasteiger charge is -2.05. The van der Waals surface area contributed by atoms with E-state index in [4.69, 9.17) is 0 Å². The van der Waals surface area contributed by atoms with Crippen LogP contribution < -0.4 is 5.32 Å². The molecule has 0 saturated heterocycles. The third kappa shape index (κ3) is 3.00. The predicted octanol–water partition coefficient (Wildman–Crippen LogP) is 2.09. The number of benzene rings is 1. The fourth-order valence-corrected chi connectivity index (χ4v) is 1.87. The Kier molecular flexibility index (Phi) is 3.51. The van der Waals surface area contributed by atoms with E-state index < -0.39 is 0 Å². The van der Waals surface area contributed by atoms with Gasteiger partial charge < -0.3 is 5.32 Å². The molecule has 2 aromatic heterocycles. The second-order valence-corrected chi connectivity index (χ2v) is 4.43. The number of amides is 1. The van der Waals surface area contributed by atoms with E-state index in [0.717, 1.165) is 5.56 Å². The summed E-state index contributed by atoms with van der Waals surface area (Å²) in [7, 11) is 0. The molecule has 0 aliphatic carbocycles. The highest BCUT2D eigenvalue weighted by Gasteiger charge is 2.08. The average Bonchev–Trinajstić information content (AvgIpc) is 2.53. The van der Waals surface area contributed by atoms with Crippen LogP contribution in [0.15, 0.2) is 48.9 Å². The van der Waals surface area contributed by atoms with Gasteiger partial charge in [0.25, 0.3) is 5.91 Å². The molecular formula is C15H11FN4O. The van der Waals surface area contributed by atoms with Crippen LogP contribution in [-0.2, 0) is 6.54 Å². The summed E-state index contributed by atoms with van der Waals surface area (Å²) in [6.45, 7) is 0.317. The van der Waals surface area contributed by atoms with Crippen molar-refractivity contribution in [3.05, 3.63) is 65.9 Å². The van der Waals surface area contributed by atoms with Crippen molar-refractivity contribution >= 4 is 17.1 Å². The van der Waals surface area contributed by atoms with Crippen LogP contribution in [0.3, 0.4) is 0 Å². The van der Waals surface area contributed by atoms with E-state index >= 15 is 0 Å². The number of rotatable bonds is 3. The van der Waals surface area contributed by atoms with Gasteiger partial charge in [-0.1, -0.05) is 12.1 Å². The highest BCUT2D eigenvalue weighted by Crippen LogP contribution is 2.08. The molecule has 1 N–H and O–H groups in total. The molecule has 0 radical (unpaired) electrons. The molecule has 3 aromatic rings. The van der Waals surface area contributed by atoms with Crippen molar-refractivity contribution in [1.29, 1.82) is 0 Å². The van der Waals surface area contributed by atoms with Crippen LogP contribution in [0.1, 0.15) is 15.9 Å². The van der Waals surface area contributed by atoms with Crippen molar-refractivity contribution in [2.45, 2.75) is 6.54 Å². The van der Waals surface area contributed by atoms with Crippen LogP contribution in [0.4, 0.5) is 4.39 Å². The molecule has 0 aliphatic rings. The van der Waals surface area contributed by atoms with Crippen LogP contribution >= 0.6 is 0 Å². The Morgan fingerprint density at radius 1 is 1.10 bits per heavy atom. The Morgan fingerprint density at radius 2 is 1.86 bits per heavy atom. The molecule has 2 heterocycles. The van der Waals surface area contributed by atoms with E-state index in [-0.39, 0.29) is 11.7 Å². The van der Waals surface area contributed by atoms with Crippen LogP contribution in [0.2, 0.25) is 0 Å². The predicted molar refractivity (Wildman–Crippen MR) is 74.9 cm³/mol. The molecule has 0 spiro atoms. The molecule has 6 heteroatoms. The van der Waals surface area contributed by atoms with Gasteiger partial charge >= 0.3 is 0 Å². The number of fused-ring (bicyclic) bond motifs is 1. The zero-order chi connectivity index (χ0) is 14.7. The minimum atomic E-state index is -0.303. The summed E-state index contributed by atoms with van der Waals surface area (Å²) in [5, 5.41) is 2.75. The zero-order valence-corrected chi connectivity index (χ0v) is 11.0. The highest BCUT2D eigenvalue weighted by atomic mass is 19.1. The monoisotopic (exact) mass is 282 g/mol. The normalized spacial score (nSPS) is 10.5. The minimum Gasteiger partial charge on any atom is -0.348 e. The highest BCUT2D eigenvalue weighted by molar-refractivity contribution is 5.96. The van der Waals surface area contributed by atoms with Gasteiger partial charge in [-0.15, -0.1) is 0 Å². The maximum absolute atomic E-state index is 12.8. The van der Waals surface area contributed by atoms with Gasteiger partial charge in [-0.2, -0.15) is 0 Å². The van der Waals surface area contributed by atoms with Crippen molar-refractivity contribution in [2.24, 2.45) is 0 Å². The van der Waals surface area contributed by atoms with Gasteiger partial charge in [-0.3, -0.25) is 9.78 Å². The molecule has 0 aliphatic heterocycles. The third-order valence-corrected chi connectivity index (χ3v) is 2.95. The summed E-state index contributed by atoms with van der Waals surface area (Å²) in [6.07, 6.45) is 4.55. The fourth-order valence-electron chi connectivity index (χ4n) is 1.87. The standard InChI is InChI=1S/C15H11FN4O/c16-12-3-1-10(2-4-12)8-20-15(21)11-7-13-14(19-9-11)18-6-5-17-13/h1-7,9H,8H2,(H,20,21). The molecule has 104 valence electrons. The molecule has 0 unspecified atom stereocenters. The van der Waals surface area contributed by atoms with E-state index in [1.165, 1.54) is 18.3 Å². The molecule has 1 amide bonds. The maximum atomic E-state index is 12.8. The van der Waals surface area contributed by atoms with E-state index in [9.17, 15) is 9.18 Å². The first-order chi connectivity index (χ1) is 10.2. The number of hydrogen-bond acceptors (Lipinski definition) is 4. The number of nitrogens with one attached hydrogen (secondary N) is 1. The SMILES string of the molecule is O=C(NCc1ccc(F)cc1)c1cnc2nccnc2c1. The Morgan fingerprint density at radius 3 is 2.67 bits per heavy atom. The number of pyridine rings is 1.